The van der Waals surface area contributed by atoms with Crippen LogP contribution < -0.4 is 5.32 Å². The lowest BCUT2D eigenvalue weighted by Crippen LogP contribution is -2.63. The minimum absolute atomic E-state index is 0.00157. The van der Waals surface area contributed by atoms with Crippen LogP contribution in [0.5, 0.6) is 0 Å². The molecule has 7 nitrogen and oxygen atoms in total. The molecule has 1 saturated carbocycles. The number of hydrogen-bond acceptors (Lipinski definition) is 4. The maximum atomic E-state index is 13.9. The van der Waals surface area contributed by atoms with Crippen LogP contribution in [0.25, 0.3) is 0 Å². The Bertz CT molecular complexity index is 777. The molecule has 29 heavy (non-hydrogen) atoms. The second kappa shape index (κ2) is 8.51. The number of allylic oxidation sites excluding steroid dienone is 2. The molecule has 0 aromatic heterocycles. The normalized spacial score (nSPS) is 24.7. The summed E-state index contributed by atoms with van der Waals surface area (Å²) in [6.07, 6.45) is 10.6. The van der Waals surface area contributed by atoms with Gasteiger partial charge >= 0.3 is 0 Å². The number of nitrogens with zero attached hydrogens (tertiary/aromatic N) is 3. The molecule has 158 valence electrons. The van der Waals surface area contributed by atoms with Crippen LogP contribution in [0.1, 0.15) is 66.2 Å². The van der Waals surface area contributed by atoms with Gasteiger partial charge in [-0.3, -0.25) is 14.4 Å². The van der Waals surface area contributed by atoms with Crippen molar-refractivity contribution >= 4 is 23.6 Å². The Morgan fingerprint density at radius 3 is 2.66 bits per heavy atom. The van der Waals surface area contributed by atoms with Crippen molar-refractivity contribution in [2.75, 3.05) is 6.54 Å². The van der Waals surface area contributed by atoms with Crippen molar-refractivity contribution in [3.63, 3.8) is 0 Å². The number of fused-ring (bicyclic) bond motifs is 1. The lowest BCUT2D eigenvalue weighted by Gasteiger charge is -2.46. The van der Waals surface area contributed by atoms with Gasteiger partial charge in [0.25, 0.3) is 5.91 Å². The number of amidine groups is 1. The highest BCUT2D eigenvalue weighted by molar-refractivity contribution is 6.10. The smallest absolute Gasteiger partial charge is 0.250 e. The van der Waals surface area contributed by atoms with Crippen molar-refractivity contribution in [3.8, 4) is 0 Å². The summed E-state index contributed by atoms with van der Waals surface area (Å²) in [5.41, 5.74) is -0.109. The van der Waals surface area contributed by atoms with Gasteiger partial charge in [0.1, 0.15) is 11.4 Å². The van der Waals surface area contributed by atoms with Crippen molar-refractivity contribution in [2.45, 2.75) is 83.8 Å². The molecular formula is C22H32N4O3. The van der Waals surface area contributed by atoms with Crippen molar-refractivity contribution in [1.82, 2.24) is 15.1 Å². The van der Waals surface area contributed by atoms with Crippen LogP contribution in [0.15, 0.2) is 28.9 Å². The van der Waals surface area contributed by atoms with E-state index in [0.717, 1.165) is 37.7 Å². The largest absolute Gasteiger partial charge is 0.352 e. The summed E-state index contributed by atoms with van der Waals surface area (Å²) in [6.45, 7) is 7.55. The van der Waals surface area contributed by atoms with Crippen LogP contribution in [0.3, 0.4) is 0 Å². The predicted molar refractivity (Wildman–Crippen MR) is 112 cm³/mol. The number of carbonyl (C=O) groups is 3. The lowest BCUT2D eigenvalue weighted by atomic mass is 9.87. The molecule has 3 amide bonds. The summed E-state index contributed by atoms with van der Waals surface area (Å²) in [5.74, 6) is -0.154. The van der Waals surface area contributed by atoms with Gasteiger partial charge in [-0.05, 0) is 58.3 Å². The van der Waals surface area contributed by atoms with Gasteiger partial charge in [-0.25, -0.2) is 0 Å². The highest BCUT2D eigenvalue weighted by Crippen LogP contribution is 2.33. The molecule has 2 aliphatic heterocycles. The Hall–Kier alpha value is -2.44. The molecule has 0 aromatic carbocycles. The molecule has 1 N–H and O–H groups in total. The summed E-state index contributed by atoms with van der Waals surface area (Å²) in [6, 6.07) is 0.0315. The first-order chi connectivity index (χ1) is 13.7. The first-order valence-corrected chi connectivity index (χ1v) is 10.6. The summed E-state index contributed by atoms with van der Waals surface area (Å²) >= 11 is 0. The Morgan fingerprint density at radius 2 is 2.00 bits per heavy atom. The van der Waals surface area contributed by atoms with Crippen LogP contribution in [-0.4, -0.2) is 57.5 Å². The first-order valence-electron chi connectivity index (χ1n) is 10.6. The van der Waals surface area contributed by atoms with Crippen LogP contribution in [0.2, 0.25) is 0 Å². The molecule has 0 saturated heterocycles. The fraction of sp³-hybridized carbons (Fsp3) is 0.636. The number of hydrogen-bond donors (Lipinski definition) is 1. The molecular weight excluding hydrogens is 368 g/mol. The fourth-order valence-electron chi connectivity index (χ4n) is 4.41. The number of nitrogens with one attached hydrogen (secondary N) is 1. The van der Waals surface area contributed by atoms with E-state index in [0.29, 0.717) is 5.84 Å². The van der Waals surface area contributed by atoms with E-state index < -0.39 is 5.54 Å². The van der Waals surface area contributed by atoms with E-state index in [9.17, 15) is 14.4 Å². The molecule has 7 heteroatoms. The van der Waals surface area contributed by atoms with Crippen LogP contribution in [0, 0.1) is 0 Å². The highest BCUT2D eigenvalue weighted by atomic mass is 16.2. The SMILES string of the molecule is CC1=CC2=NC(=O)CC(C)(C(=O)N(CC(=O)NC(C)C)C3CCCCC3)N2C=C1. The van der Waals surface area contributed by atoms with E-state index in [2.05, 4.69) is 10.3 Å². The Balaban J connectivity index is 1.91. The van der Waals surface area contributed by atoms with E-state index >= 15 is 0 Å². The van der Waals surface area contributed by atoms with Gasteiger partial charge in [0.15, 0.2) is 0 Å². The number of amides is 3. The molecule has 0 spiro atoms. The third-order valence-electron chi connectivity index (χ3n) is 5.86. The highest BCUT2D eigenvalue weighted by Gasteiger charge is 2.48. The predicted octanol–water partition coefficient (Wildman–Crippen LogP) is 2.54. The zero-order valence-corrected chi connectivity index (χ0v) is 17.9. The summed E-state index contributed by atoms with van der Waals surface area (Å²) < 4.78 is 0. The summed E-state index contributed by atoms with van der Waals surface area (Å²) in [5, 5.41) is 2.89. The van der Waals surface area contributed by atoms with Crippen molar-refractivity contribution < 1.29 is 14.4 Å². The first kappa shape index (κ1) is 21.3. The van der Waals surface area contributed by atoms with E-state index in [1.54, 1.807) is 16.7 Å². The molecule has 0 aromatic rings. The van der Waals surface area contributed by atoms with Crippen molar-refractivity contribution in [1.29, 1.82) is 0 Å². The zero-order valence-electron chi connectivity index (χ0n) is 17.9. The van der Waals surface area contributed by atoms with Gasteiger partial charge in [0.2, 0.25) is 11.8 Å². The third kappa shape index (κ3) is 4.60. The monoisotopic (exact) mass is 400 g/mol. The second-order valence-electron chi connectivity index (χ2n) is 8.84. The molecule has 1 unspecified atom stereocenters. The summed E-state index contributed by atoms with van der Waals surface area (Å²) in [4.78, 5) is 46.5. The quantitative estimate of drug-likeness (QED) is 0.769. The average molecular weight is 401 g/mol. The molecule has 0 bridgehead atoms. The van der Waals surface area contributed by atoms with Gasteiger partial charge in [-0.2, -0.15) is 4.99 Å². The molecule has 1 fully saturated rings. The maximum Gasteiger partial charge on any atom is 0.250 e. The van der Waals surface area contributed by atoms with E-state index in [4.69, 9.17) is 0 Å². The maximum absolute atomic E-state index is 13.9. The minimum atomic E-state index is -1.09. The Morgan fingerprint density at radius 1 is 1.31 bits per heavy atom. The van der Waals surface area contributed by atoms with Crippen LogP contribution in [0.4, 0.5) is 0 Å². The van der Waals surface area contributed by atoms with Gasteiger partial charge in [-0.1, -0.05) is 19.3 Å². The number of aliphatic imine (C=N–C) groups is 1. The number of carbonyl (C=O) groups excluding carboxylic acids is 3. The molecule has 0 radical (unpaired) electrons. The topological polar surface area (TPSA) is 82.1 Å². The van der Waals surface area contributed by atoms with E-state index in [-0.39, 0.29) is 42.8 Å². The van der Waals surface area contributed by atoms with E-state index in [1.807, 2.05) is 39.1 Å². The van der Waals surface area contributed by atoms with Crippen molar-refractivity contribution in [2.24, 2.45) is 4.99 Å². The third-order valence-corrected chi connectivity index (χ3v) is 5.86. The summed E-state index contributed by atoms with van der Waals surface area (Å²) in [7, 11) is 0. The van der Waals surface area contributed by atoms with Gasteiger partial charge in [0.05, 0.1) is 13.0 Å². The van der Waals surface area contributed by atoms with Crippen LogP contribution in [-0.2, 0) is 14.4 Å². The van der Waals surface area contributed by atoms with Crippen molar-refractivity contribution in [3.05, 3.63) is 23.9 Å². The minimum Gasteiger partial charge on any atom is -0.352 e. The number of rotatable bonds is 5. The average Bonchev–Trinajstić information content (AvgIpc) is 2.65. The Kier molecular flexibility index (Phi) is 6.24. The molecule has 3 rings (SSSR count). The standard InChI is InChI=1S/C22H32N4O3/c1-15(2)23-20(28)14-25(17-8-6-5-7-9-17)21(29)22(4)13-19(27)24-18-12-16(3)10-11-26(18)22/h10-12,15,17H,5-9,13-14H2,1-4H3,(H,23,28). The molecule has 2 heterocycles. The molecule has 1 aliphatic carbocycles. The molecule has 1 atom stereocenters. The van der Waals surface area contributed by atoms with Gasteiger partial charge in [0, 0.05) is 18.3 Å². The second-order valence-corrected chi connectivity index (χ2v) is 8.84. The zero-order chi connectivity index (χ0) is 21.2. The van der Waals surface area contributed by atoms with E-state index in [1.165, 1.54) is 0 Å². The Labute approximate surface area is 172 Å². The fourth-order valence-corrected chi connectivity index (χ4v) is 4.41. The molecule has 3 aliphatic rings. The lowest BCUT2D eigenvalue weighted by molar-refractivity contribution is -0.149. The van der Waals surface area contributed by atoms with Crippen LogP contribution >= 0.6 is 0 Å². The van der Waals surface area contributed by atoms with Gasteiger partial charge < -0.3 is 15.1 Å². The van der Waals surface area contributed by atoms with Gasteiger partial charge in [-0.15, -0.1) is 0 Å².